The summed E-state index contributed by atoms with van der Waals surface area (Å²) in [5.74, 6) is 1.43. The largest absolute Gasteiger partial charge is 0.490 e. The Labute approximate surface area is 105 Å². The molecule has 0 aromatic carbocycles. The molecule has 0 spiro atoms. The summed E-state index contributed by atoms with van der Waals surface area (Å²) in [6.45, 7) is 10.4. The van der Waals surface area contributed by atoms with Gasteiger partial charge in [0.05, 0.1) is 11.8 Å². The molecule has 1 N–H and O–H groups in total. The van der Waals surface area contributed by atoms with E-state index in [2.05, 4.69) is 38.0 Å². The third kappa shape index (κ3) is 5.18. The van der Waals surface area contributed by atoms with Crippen LogP contribution >= 0.6 is 0 Å². The average molecular weight is 236 g/mol. The molecule has 0 saturated heterocycles. The molecule has 1 atom stereocenters. The van der Waals surface area contributed by atoms with E-state index >= 15 is 0 Å². The van der Waals surface area contributed by atoms with Gasteiger partial charge in [0.25, 0.3) is 0 Å². The van der Waals surface area contributed by atoms with E-state index in [0.717, 1.165) is 31.0 Å². The van der Waals surface area contributed by atoms with Crippen LogP contribution in [0.2, 0.25) is 0 Å². The highest BCUT2D eigenvalue weighted by Gasteiger charge is 2.08. The molecule has 3 nitrogen and oxygen atoms in total. The number of nitrogens with one attached hydrogen (secondary N) is 1. The molecule has 1 rings (SSSR count). The SMILES string of the molecule is CCCNCc1cc(OC(C)C(C)C)ccn1. The number of pyridine rings is 1. The first-order chi connectivity index (χ1) is 8.13. The van der Waals surface area contributed by atoms with E-state index in [1.165, 1.54) is 0 Å². The zero-order valence-corrected chi connectivity index (χ0v) is 11.4. The Kier molecular flexibility index (Phi) is 5.98. The Morgan fingerprint density at radius 1 is 1.35 bits per heavy atom. The minimum atomic E-state index is 0.230. The molecule has 0 amide bonds. The maximum Gasteiger partial charge on any atom is 0.123 e. The smallest absolute Gasteiger partial charge is 0.123 e. The Morgan fingerprint density at radius 2 is 2.12 bits per heavy atom. The van der Waals surface area contributed by atoms with Crippen LogP contribution in [0.15, 0.2) is 18.3 Å². The molecule has 0 aliphatic rings. The minimum Gasteiger partial charge on any atom is -0.490 e. The lowest BCUT2D eigenvalue weighted by Gasteiger charge is -2.18. The number of rotatable bonds is 7. The topological polar surface area (TPSA) is 34.1 Å². The second-order valence-electron chi connectivity index (χ2n) is 4.73. The first-order valence-electron chi connectivity index (χ1n) is 6.45. The second kappa shape index (κ2) is 7.28. The third-order valence-corrected chi connectivity index (χ3v) is 2.78. The molecule has 0 radical (unpaired) electrons. The van der Waals surface area contributed by atoms with Crippen molar-refractivity contribution in [2.75, 3.05) is 6.54 Å². The number of hydrogen-bond donors (Lipinski definition) is 1. The molecule has 0 fully saturated rings. The zero-order valence-electron chi connectivity index (χ0n) is 11.4. The Hall–Kier alpha value is -1.09. The van der Waals surface area contributed by atoms with Crippen LogP contribution < -0.4 is 10.1 Å². The van der Waals surface area contributed by atoms with Crippen LogP contribution in [-0.2, 0) is 6.54 Å². The van der Waals surface area contributed by atoms with Crippen LogP contribution in [0.4, 0.5) is 0 Å². The van der Waals surface area contributed by atoms with Gasteiger partial charge in [-0.25, -0.2) is 0 Å². The molecule has 1 aromatic heterocycles. The monoisotopic (exact) mass is 236 g/mol. The molecule has 1 heterocycles. The van der Waals surface area contributed by atoms with Gasteiger partial charge in [-0.05, 0) is 31.9 Å². The molecule has 1 unspecified atom stereocenters. The number of ether oxygens (including phenoxy) is 1. The van der Waals surface area contributed by atoms with Crippen molar-refractivity contribution < 1.29 is 4.74 Å². The van der Waals surface area contributed by atoms with Gasteiger partial charge in [0.15, 0.2) is 0 Å². The van der Waals surface area contributed by atoms with Gasteiger partial charge in [-0.3, -0.25) is 4.98 Å². The quantitative estimate of drug-likeness (QED) is 0.739. The van der Waals surface area contributed by atoms with Crippen LogP contribution in [0.1, 0.15) is 39.8 Å². The highest BCUT2D eigenvalue weighted by molar-refractivity contribution is 5.22. The van der Waals surface area contributed by atoms with E-state index in [0.29, 0.717) is 5.92 Å². The van der Waals surface area contributed by atoms with Crippen LogP contribution in [0.3, 0.4) is 0 Å². The molecular formula is C14H24N2O. The lowest BCUT2D eigenvalue weighted by molar-refractivity contribution is 0.170. The molecule has 96 valence electrons. The molecule has 0 bridgehead atoms. The van der Waals surface area contributed by atoms with Crippen molar-refractivity contribution in [3.8, 4) is 5.75 Å². The maximum atomic E-state index is 5.85. The van der Waals surface area contributed by atoms with E-state index in [9.17, 15) is 0 Å². The average Bonchev–Trinajstić information content (AvgIpc) is 2.30. The van der Waals surface area contributed by atoms with Crippen molar-refractivity contribution in [3.05, 3.63) is 24.0 Å². The first-order valence-corrected chi connectivity index (χ1v) is 6.45. The summed E-state index contributed by atoms with van der Waals surface area (Å²) in [4.78, 5) is 4.32. The predicted octanol–water partition coefficient (Wildman–Crippen LogP) is 3.00. The van der Waals surface area contributed by atoms with Gasteiger partial charge in [0.2, 0.25) is 0 Å². The third-order valence-electron chi connectivity index (χ3n) is 2.78. The van der Waals surface area contributed by atoms with Crippen molar-refractivity contribution in [2.45, 2.75) is 46.8 Å². The molecule has 1 aromatic rings. The molecule has 3 heteroatoms. The van der Waals surface area contributed by atoms with Crippen molar-refractivity contribution in [1.82, 2.24) is 10.3 Å². The van der Waals surface area contributed by atoms with E-state index < -0.39 is 0 Å². The van der Waals surface area contributed by atoms with Gasteiger partial charge in [0.1, 0.15) is 5.75 Å². The van der Waals surface area contributed by atoms with Gasteiger partial charge in [0, 0.05) is 18.8 Å². The van der Waals surface area contributed by atoms with E-state index in [1.54, 1.807) is 0 Å². The number of aromatic nitrogens is 1. The van der Waals surface area contributed by atoms with E-state index in [1.807, 2.05) is 18.3 Å². The summed E-state index contributed by atoms with van der Waals surface area (Å²) < 4.78 is 5.85. The molecule has 0 saturated carbocycles. The lowest BCUT2D eigenvalue weighted by Crippen LogP contribution is -2.19. The molecule has 0 aliphatic carbocycles. The van der Waals surface area contributed by atoms with Gasteiger partial charge in [-0.1, -0.05) is 20.8 Å². The highest BCUT2D eigenvalue weighted by atomic mass is 16.5. The van der Waals surface area contributed by atoms with Crippen molar-refractivity contribution in [2.24, 2.45) is 5.92 Å². The zero-order chi connectivity index (χ0) is 12.7. The Balaban J connectivity index is 2.53. The molecular weight excluding hydrogens is 212 g/mol. The Bertz CT molecular complexity index is 326. The fourth-order valence-electron chi connectivity index (χ4n) is 1.37. The Morgan fingerprint density at radius 3 is 2.76 bits per heavy atom. The summed E-state index contributed by atoms with van der Waals surface area (Å²) in [5.41, 5.74) is 1.03. The van der Waals surface area contributed by atoms with Crippen LogP contribution in [-0.4, -0.2) is 17.6 Å². The van der Waals surface area contributed by atoms with Gasteiger partial charge in [-0.15, -0.1) is 0 Å². The van der Waals surface area contributed by atoms with Crippen molar-refractivity contribution in [1.29, 1.82) is 0 Å². The number of hydrogen-bond acceptors (Lipinski definition) is 3. The first kappa shape index (κ1) is 14.0. The summed E-state index contributed by atoms with van der Waals surface area (Å²) in [5, 5.41) is 3.34. The number of nitrogens with zero attached hydrogens (tertiary/aromatic N) is 1. The fraction of sp³-hybridized carbons (Fsp3) is 0.643. The summed E-state index contributed by atoms with van der Waals surface area (Å²) in [7, 11) is 0. The summed E-state index contributed by atoms with van der Waals surface area (Å²) >= 11 is 0. The van der Waals surface area contributed by atoms with Gasteiger partial charge >= 0.3 is 0 Å². The predicted molar refractivity (Wildman–Crippen MR) is 71.2 cm³/mol. The fourth-order valence-corrected chi connectivity index (χ4v) is 1.37. The van der Waals surface area contributed by atoms with Crippen molar-refractivity contribution in [3.63, 3.8) is 0 Å². The normalized spacial score (nSPS) is 12.8. The minimum absolute atomic E-state index is 0.230. The molecule has 0 aliphatic heterocycles. The van der Waals surface area contributed by atoms with E-state index in [-0.39, 0.29) is 6.10 Å². The van der Waals surface area contributed by atoms with Crippen LogP contribution in [0, 0.1) is 5.92 Å². The van der Waals surface area contributed by atoms with Gasteiger partial charge < -0.3 is 10.1 Å². The van der Waals surface area contributed by atoms with Gasteiger partial charge in [-0.2, -0.15) is 0 Å². The highest BCUT2D eigenvalue weighted by Crippen LogP contribution is 2.16. The van der Waals surface area contributed by atoms with E-state index in [4.69, 9.17) is 4.74 Å². The van der Waals surface area contributed by atoms with Crippen LogP contribution in [0.5, 0.6) is 5.75 Å². The summed E-state index contributed by atoms with van der Waals surface area (Å²) in [6, 6.07) is 3.93. The lowest BCUT2D eigenvalue weighted by atomic mass is 10.1. The second-order valence-corrected chi connectivity index (χ2v) is 4.73. The summed E-state index contributed by atoms with van der Waals surface area (Å²) in [6.07, 6.45) is 3.18. The van der Waals surface area contributed by atoms with Crippen molar-refractivity contribution >= 4 is 0 Å². The maximum absolute atomic E-state index is 5.85. The standard InChI is InChI=1S/C14H24N2O/c1-5-7-15-10-13-9-14(6-8-16-13)17-12(4)11(2)3/h6,8-9,11-12,15H,5,7,10H2,1-4H3. The molecule has 17 heavy (non-hydrogen) atoms. The van der Waals surface area contributed by atoms with Crippen LogP contribution in [0.25, 0.3) is 0 Å².